The molecule has 0 aromatic carbocycles. The minimum absolute atomic E-state index is 0.0440. The van der Waals surface area contributed by atoms with Crippen LogP contribution in [0.4, 0.5) is 0 Å². The van der Waals surface area contributed by atoms with Crippen LogP contribution in [0.5, 0.6) is 0 Å². The molecule has 0 spiro atoms. The molecule has 0 aromatic rings. The molecule has 0 unspecified atom stereocenters. The van der Waals surface area contributed by atoms with Crippen molar-refractivity contribution in [3.8, 4) is 0 Å². The molecule has 0 aliphatic carbocycles. The van der Waals surface area contributed by atoms with Gasteiger partial charge in [-0.15, -0.1) is 0 Å². The Balaban J connectivity index is 3.11. The van der Waals surface area contributed by atoms with Crippen LogP contribution in [0.2, 0.25) is 0 Å². The number of hydrogen-bond acceptors (Lipinski definition) is 2. The highest BCUT2D eigenvalue weighted by Gasteiger charge is 2.45. The number of amides is 1. The van der Waals surface area contributed by atoms with Crippen molar-refractivity contribution in [3.05, 3.63) is 12.3 Å². The Morgan fingerprint density at radius 2 is 1.79 bits per heavy atom. The van der Waals surface area contributed by atoms with Crippen LogP contribution in [0.25, 0.3) is 0 Å². The molecule has 78 valence electrons. The van der Waals surface area contributed by atoms with Gasteiger partial charge in [-0.05, 0) is 25.8 Å². The second-order valence-electron chi connectivity index (χ2n) is 3.56. The van der Waals surface area contributed by atoms with Crippen LogP contribution in [-0.2, 0) is 9.59 Å². The number of ketones is 1. The van der Waals surface area contributed by atoms with E-state index in [1.165, 1.54) is 6.08 Å². The lowest BCUT2D eigenvalue weighted by Gasteiger charge is -2.35. The molecule has 0 saturated carbocycles. The van der Waals surface area contributed by atoms with E-state index in [1.807, 2.05) is 20.8 Å². The maximum absolute atomic E-state index is 12.0. The quantitative estimate of drug-likeness (QED) is 0.643. The third-order valence-electron chi connectivity index (χ3n) is 3.10. The van der Waals surface area contributed by atoms with Crippen molar-refractivity contribution in [2.75, 3.05) is 6.54 Å². The molecular formula is C11H17NO2. The van der Waals surface area contributed by atoms with Gasteiger partial charge in [0.2, 0.25) is 5.91 Å². The Morgan fingerprint density at radius 3 is 2.21 bits per heavy atom. The third-order valence-corrected chi connectivity index (χ3v) is 3.10. The zero-order valence-corrected chi connectivity index (χ0v) is 9.04. The molecule has 0 aromatic heterocycles. The summed E-state index contributed by atoms with van der Waals surface area (Å²) in [4.78, 5) is 25.3. The molecule has 0 saturated heterocycles. The molecule has 0 radical (unpaired) electrons. The van der Waals surface area contributed by atoms with E-state index < -0.39 is 5.41 Å². The lowest BCUT2D eigenvalue weighted by atomic mass is 9.75. The zero-order chi connectivity index (χ0) is 10.8. The van der Waals surface area contributed by atoms with Crippen molar-refractivity contribution < 1.29 is 9.59 Å². The highest BCUT2D eigenvalue weighted by Crippen LogP contribution is 2.33. The molecular weight excluding hydrogens is 178 g/mol. The lowest BCUT2D eigenvalue weighted by Crippen LogP contribution is -2.48. The molecule has 1 aliphatic heterocycles. The fourth-order valence-corrected chi connectivity index (χ4v) is 1.92. The van der Waals surface area contributed by atoms with Crippen LogP contribution in [-0.4, -0.2) is 23.1 Å². The van der Waals surface area contributed by atoms with Gasteiger partial charge < -0.3 is 4.90 Å². The van der Waals surface area contributed by atoms with Gasteiger partial charge in [-0.25, -0.2) is 0 Å². The fourth-order valence-electron chi connectivity index (χ4n) is 1.92. The van der Waals surface area contributed by atoms with Gasteiger partial charge in [-0.3, -0.25) is 9.59 Å². The van der Waals surface area contributed by atoms with E-state index in [-0.39, 0.29) is 11.7 Å². The minimum atomic E-state index is -0.787. The van der Waals surface area contributed by atoms with E-state index >= 15 is 0 Å². The van der Waals surface area contributed by atoms with Crippen LogP contribution >= 0.6 is 0 Å². The van der Waals surface area contributed by atoms with E-state index in [4.69, 9.17) is 0 Å². The van der Waals surface area contributed by atoms with Gasteiger partial charge >= 0.3 is 0 Å². The molecule has 1 heterocycles. The van der Waals surface area contributed by atoms with Gasteiger partial charge in [-0.1, -0.05) is 13.8 Å². The molecule has 3 nitrogen and oxygen atoms in total. The van der Waals surface area contributed by atoms with Gasteiger partial charge in [-0.2, -0.15) is 0 Å². The maximum atomic E-state index is 12.0. The second kappa shape index (κ2) is 3.95. The first-order valence-corrected chi connectivity index (χ1v) is 5.16. The Hall–Kier alpha value is -1.12. The summed E-state index contributed by atoms with van der Waals surface area (Å²) in [6.07, 6.45) is 4.29. The highest BCUT2D eigenvalue weighted by atomic mass is 16.2. The average molecular weight is 195 g/mol. The van der Waals surface area contributed by atoms with Crippen LogP contribution in [0.1, 0.15) is 33.6 Å². The number of carbonyl (C=O) groups excluding carboxylic acids is 2. The highest BCUT2D eigenvalue weighted by molar-refractivity contribution is 6.13. The van der Waals surface area contributed by atoms with Crippen molar-refractivity contribution in [3.63, 3.8) is 0 Å². The molecule has 0 fully saturated rings. The summed E-state index contributed by atoms with van der Waals surface area (Å²) in [5, 5.41) is 0. The molecule has 3 heteroatoms. The third kappa shape index (κ3) is 1.37. The summed E-state index contributed by atoms with van der Waals surface area (Å²) in [7, 11) is 0. The Bertz CT molecular complexity index is 277. The second-order valence-corrected chi connectivity index (χ2v) is 3.56. The Morgan fingerprint density at radius 1 is 1.21 bits per heavy atom. The summed E-state index contributed by atoms with van der Waals surface area (Å²) in [6.45, 7) is 6.33. The number of rotatable bonds is 3. The molecule has 1 aliphatic rings. The standard InChI is InChI=1S/C11H17NO2/c1-4-11(5-2)9(13)7-8-12(6-3)10(11)14/h7-8H,4-6H2,1-3H3. The first kappa shape index (κ1) is 11.0. The van der Waals surface area contributed by atoms with Crippen molar-refractivity contribution >= 4 is 11.7 Å². The number of allylic oxidation sites excluding steroid dienone is 1. The van der Waals surface area contributed by atoms with Crippen LogP contribution in [0.3, 0.4) is 0 Å². The van der Waals surface area contributed by atoms with Gasteiger partial charge in [0.15, 0.2) is 5.78 Å². The predicted molar refractivity (Wildman–Crippen MR) is 54.5 cm³/mol. The SMILES string of the molecule is CCN1C=CC(=O)C(CC)(CC)C1=O. The van der Waals surface area contributed by atoms with Crippen molar-refractivity contribution in [1.82, 2.24) is 4.90 Å². The predicted octanol–water partition coefficient (Wildman–Crippen LogP) is 1.74. The largest absolute Gasteiger partial charge is 0.318 e. The van der Waals surface area contributed by atoms with Crippen LogP contribution in [0, 0.1) is 5.41 Å². The van der Waals surface area contributed by atoms with E-state index in [2.05, 4.69) is 0 Å². The molecule has 1 rings (SSSR count). The monoisotopic (exact) mass is 195 g/mol. The topological polar surface area (TPSA) is 37.4 Å². The van der Waals surface area contributed by atoms with Gasteiger partial charge in [0.1, 0.15) is 5.41 Å². The smallest absolute Gasteiger partial charge is 0.240 e. The van der Waals surface area contributed by atoms with Gasteiger partial charge in [0.05, 0.1) is 0 Å². The first-order valence-electron chi connectivity index (χ1n) is 5.16. The van der Waals surface area contributed by atoms with Crippen LogP contribution in [0.15, 0.2) is 12.3 Å². The molecule has 1 amide bonds. The summed E-state index contributed by atoms with van der Waals surface area (Å²) in [5.74, 6) is -0.0882. The normalized spacial score (nSPS) is 20.4. The minimum Gasteiger partial charge on any atom is -0.318 e. The first-order chi connectivity index (χ1) is 6.62. The molecule has 0 N–H and O–H groups in total. The van der Waals surface area contributed by atoms with Gasteiger partial charge in [0.25, 0.3) is 0 Å². The summed E-state index contributed by atoms with van der Waals surface area (Å²) < 4.78 is 0. The molecule has 14 heavy (non-hydrogen) atoms. The Labute approximate surface area is 84.8 Å². The van der Waals surface area contributed by atoms with Gasteiger partial charge in [0, 0.05) is 12.7 Å². The average Bonchev–Trinajstić information content (AvgIpc) is 2.20. The summed E-state index contributed by atoms with van der Waals surface area (Å²) in [5.41, 5.74) is -0.787. The van der Waals surface area contributed by atoms with Crippen LogP contribution < -0.4 is 0 Å². The van der Waals surface area contributed by atoms with E-state index in [0.29, 0.717) is 19.4 Å². The number of carbonyl (C=O) groups is 2. The van der Waals surface area contributed by atoms with E-state index in [0.717, 1.165) is 0 Å². The molecule has 0 atom stereocenters. The lowest BCUT2D eigenvalue weighted by molar-refractivity contribution is -0.147. The van der Waals surface area contributed by atoms with Crippen molar-refractivity contribution in [1.29, 1.82) is 0 Å². The number of nitrogens with zero attached hydrogens (tertiary/aromatic N) is 1. The zero-order valence-electron chi connectivity index (χ0n) is 9.04. The van der Waals surface area contributed by atoms with E-state index in [9.17, 15) is 9.59 Å². The molecule has 0 bridgehead atoms. The summed E-state index contributed by atoms with van der Waals surface area (Å²) >= 11 is 0. The summed E-state index contributed by atoms with van der Waals surface area (Å²) in [6, 6.07) is 0. The Kier molecular flexibility index (Phi) is 3.09. The van der Waals surface area contributed by atoms with E-state index in [1.54, 1.807) is 11.1 Å². The van der Waals surface area contributed by atoms with Crippen molar-refractivity contribution in [2.24, 2.45) is 5.41 Å². The maximum Gasteiger partial charge on any atom is 0.240 e. The number of hydrogen-bond donors (Lipinski definition) is 0. The van der Waals surface area contributed by atoms with Crippen molar-refractivity contribution in [2.45, 2.75) is 33.6 Å². The fraction of sp³-hybridized carbons (Fsp3) is 0.636.